The number of carbonyl (C=O) groups excluding carboxylic acids is 1. The zero-order valence-corrected chi connectivity index (χ0v) is 13.8. The van der Waals surface area contributed by atoms with Crippen molar-refractivity contribution in [3.63, 3.8) is 0 Å². The first-order chi connectivity index (χ1) is 9.56. The van der Waals surface area contributed by atoms with Crippen LogP contribution in [-0.4, -0.2) is 37.0 Å². The van der Waals surface area contributed by atoms with Gasteiger partial charge in [0.1, 0.15) is 0 Å². The first kappa shape index (κ1) is 15.5. The molecule has 1 amide bonds. The first-order valence-corrected chi connectivity index (χ1v) is 8.10. The van der Waals surface area contributed by atoms with Crippen molar-refractivity contribution < 1.29 is 4.79 Å². The van der Waals surface area contributed by atoms with Crippen molar-refractivity contribution in [3.05, 3.63) is 34.3 Å². The number of amides is 1. The van der Waals surface area contributed by atoms with Crippen LogP contribution in [0.4, 0.5) is 0 Å². The van der Waals surface area contributed by atoms with Crippen LogP contribution >= 0.6 is 15.9 Å². The molecule has 0 unspecified atom stereocenters. The fourth-order valence-electron chi connectivity index (χ4n) is 3.04. The first-order valence-electron chi connectivity index (χ1n) is 7.31. The largest absolute Gasteiger partial charge is 0.351 e. The van der Waals surface area contributed by atoms with Crippen LogP contribution in [0.1, 0.15) is 30.6 Å². The van der Waals surface area contributed by atoms with E-state index >= 15 is 0 Å². The maximum absolute atomic E-state index is 12.1. The van der Waals surface area contributed by atoms with Gasteiger partial charge in [-0.05, 0) is 46.3 Å². The number of nitrogens with zero attached hydrogens (tertiary/aromatic N) is 1. The van der Waals surface area contributed by atoms with Crippen LogP contribution in [0.5, 0.6) is 0 Å². The van der Waals surface area contributed by atoms with Crippen LogP contribution in [-0.2, 0) is 0 Å². The molecule has 110 valence electrons. The van der Waals surface area contributed by atoms with Crippen molar-refractivity contribution in [2.45, 2.75) is 20.3 Å². The van der Waals surface area contributed by atoms with Crippen molar-refractivity contribution in [1.29, 1.82) is 0 Å². The SMILES string of the molecule is C[C@@H]1C[C@H](C)CN(CCNC(=O)c2ccccc2Br)C1. The smallest absolute Gasteiger partial charge is 0.252 e. The van der Waals surface area contributed by atoms with Gasteiger partial charge in [-0.2, -0.15) is 0 Å². The molecule has 1 aromatic rings. The van der Waals surface area contributed by atoms with E-state index in [1.54, 1.807) is 0 Å². The van der Waals surface area contributed by atoms with Crippen LogP contribution in [0, 0.1) is 11.8 Å². The second kappa shape index (κ2) is 7.23. The molecular formula is C16H23BrN2O. The Labute approximate surface area is 129 Å². The Hall–Kier alpha value is -0.870. The van der Waals surface area contributed by atoms with Gasteiger partial charge in [0.2, 0.25) is 0 Å². The van der Waals surface area contributed by atoms with Gasteiger partial charge in [-0.3, -0.25) is 4.79 Å². The van der Waals surface area contributed by atoms with E-state index in [4.69, 9.17) is 0 Å². The van der Waals surface area contributed by atoms with E-state index in [2.05, 4.69) is 40.0 Å². The van der Waals surface area contributed by atoms with E-state index in [-0.39, 0.29) is 5.91 Å². The molecule has 1 aliphatic rings. The number of piperidine rings is 1. The Kier molecular flexibility index (Phi) is 5.61. The van der Waals surface area contributed by atoms with Crippen LogP contribution in [0.2, 0.25) is 0 Å². The number of hydrogen-bond acceptors (Lipinski definition) is 2. The third-order valence-corrected chi connectivity index (χ3v) is 4.47. The molecular weight excluding hydrogens is 316 g/mol. The average Bonchev–Trinajstić information content (AvgIpc) is 2.38. The van der Waals surface area contributed by atoms with E-state index in [1.165, 1.54) is 6.42 Å². The van der Waals surface area contributed by atoms with E-state index in [0.717, 1.165) is 35.9 Å². The summed E-state index contributed by atoms with van der Waals surface area (Å²) >= 11 is 3.41. The van der Waals surface area contributed by atoms with E-state index in [0.29, 0.717) is 12.1 Å². The molecule has 2 atom stereocenters. The average molecular weight is 339 g/mol. The van der Waals surface area contributed by atoms with Crippen molar-refractivity contribution in [3.8, 4) is 0 Å². The monoisotopic (exact) mass is 338 g/mol. The lowest BCUT2D eigenvalue weighted by molar-refractivity contribution is 0.0936. The topological polar surface area (TPSA) is 32.3 Å². The van der Waals surface area contributed by atoms with Crippen LogP contribution in [0.25, 0.3) is 0 Å². The Bertz CT molecular complexity index is 454. The number of nitrogens with one attached hydrogen (secondary N) is 1. The van der Waals surface area contributed by atoms with Gasteiger partial charge in [0.25, 0.3) is 5.91 Å². The molecule has 0 aromatic heterocycles. The highest BCUT2D eigenvalue weighted by molar-refractivity contribution is 9.10. The summed E-state index contributed by atoms with van der Waals surface area (Å²) in [6.45, 7) is 8.56. The lowest BCUT2D eigenvalue weighted by Crippen LogP contribution is -2.42. The van der Waals surface area contributed by atoms with Gasteiger partial charge >= 0.3 is 0 Å². The molecule has 0 radical (unpaired) electrons. The van der Waals surface area contributed by atoms with Gasteiger partial charge in [0.05, 0.1) is 5.56 Å². The zero-order valence-electron chi connectivity index (χ0n) is 12.2. The van der Waals surface area contributed by atoms with Gasteiger partial charge in [-0.25, -0.2) is 0 Å². The predicted molar refractivity (Wildman–Crippen MR) is 85.9 cm³/mol. The molecule has 0 spiro atoms. The second-order valence-corrected chi connectivity index (χ2v) is 6.80. The minimum Gasteiger partial charge on any atom is -0.351 e. The number of benzene rings is 1. The molecule has 20 heavy (non-hydrogen) atoms. The predicted octanol–water partition coefficient (Wildman–Crippen LogP) is 3.16. The quantitative estimate of drug-likeness (QED) is 0.914. The normalized spacial score (nSPS) is 23.6. The molecule has 1 saturated heterocycles. The van der Waals surface area contributed by atoms with Gasteiger partial charge in [-0.15, -0.1) is 0 Å². The van der Waals surface area contributed by atoms with Crippen LogP contribution in [0.3, 0.4) is 0 Å². The maximum Gasteiger partial charge on any atom is 0.252 e. The van der Waals surface area contributed by atoms with Gasteiger partial charge < -0.3 is 10.2 Å². The highest BCUT2D eigenvalue weighted by Gasteiger charge is 2.21. The number of halogens is 1. The third-order valence-electron chi connectivity index (χ3n) is 3.78. The number of hydrogen-bond donors (Lipinski definition) is 1. The standard InChI is InChI=1S/C16H23BrN2O/c1-12-9-13(2)11-19(10-12)8-7-18-16(20)14-5-3-4-6-15(14)17/h3-6,12-13H,7-11H2,1-2H3,(H,18,20)/t12-,13+. The Morgan fingerprint density at radius 3 is 2.60 bits per heavy atom. The molecule has 0 saturated carbocycles. The van der Waals surface area contributed by atoms with Gasteiger partial charge in [-0.1, -0.05) is 26.0 Å². The molecule has 3 nitrogen and oxygen atoms in total. The van der Waals surface area contributed by atoms with Crippen molar-refractivity contribution in [2.24, 2.45) is 11.8 Å². The van der Waals surface area contributed by atoms with E-state index < -0.39 is 0 Å². The number of likely N-dealkylation sites (tertiary alicyclic amines) is 1. The molecule has 4 heteroatoms. The summed E-state index contributed by atoms with van der Waals surface area (Å²) in [6.07, 6.45) is 1.32. The summed E-state index contributed by atoms with van der Waals surface area (Å²) in [4.78, 5) is 14.5. The molecule has 1 heterocycles. The molecule has 0 aliphatic carbocycles. The molecule has 1 fully saturated rings. The van der Waals surface area contributed by atoms with Crippen molar-refractivity contribution in [1.82, 2.24) is 10.2 Å². The van der Waals surface area contributed by atoms with Gasteiger partial charge in [0, 0.05) is 30.7 Å². The Morgan fingerprint density at radius 2 is 1.95 bits per heavy atom. The lowest BCUT2D eigenvalue weighted by Gasteiger charge is -2.34. The fourth-order valence-corrected chi connectivity index (χ4v) is 3.51. The molecule has 1 aromatic carbocycles. The summed E-state index contributed by atoms with van der Waals surface area (Å²) < 4.78 is 0.845. The summed E-state index contributed by atoms with van der Waals surface area (Å²) in [7, 11) is 0. The van der Waals surface area contributed by atoms with E-state index in [1.807, 2.05) is 24.3 Å². The third kappa shape index (κ3) is 4.32. The van der Waals surface area contributed by atoms with Crippen LogP contribution < -0.4 is 5.32 Å². The van der Waals surface area contributed by atoms with Crippen molar-refractivity contribution in [2.75, 3.05) is 26.2 Å². The van der Waals surface area contributed by atoms with Crippen LogP contribution in [0.15, 0.2) is 28.7 Å². The second-order valence-electron chi connectivity index (χ2n) is 5.94. The maximum atomic E-state index is 12.1. The lowest BCUT2D eigenvalue weighted by atomic mass is 9.92. The number of rotatable bonds is 4. The minimum absolute atomic E-state index is 0.00409. The summed E-state index contributed by atoms with van der Waals surface area (Å²) in [6, 6.07) is 7.53. The zero-order chi connectivity index (χ0) is 14.5. The Morgan fingerprint density at radius 1 is 1.30 bits per heavy atom. The molecule has 2 rings (SSSR count). The van der Waals surface area contributed by atoms with Crippen molar-refractivity contribution >= 4 is 21.8 Å². The molecule has 1 N–H and O–H groups in total. The summed E-state index contributed by atoms with van der Waals surface area (Å²) in [5, 5.41) is 3.01. The minimum atomic E-state index is -0.00409. The number of carbonyl (C=O) groups is 1. The molecule has 1 aliphatic heterocycles. The highest BCUT2D eigenvalue weighted by atomic mass is 79.9. The Balaban J connectivity index is 1.78. The summed E-state index contributed by atoms with van der Waals surface area (Å²) in [5.74, 6) is 1.52. The van der Waals surface area contributed by atoms with Gasteiger partial charge in [0.15, 0.2) is 0 Å². The highest BCUT2D eigenvalue weighted by Crippen LogP contribution is 2.20. The fraction of sp³-hybridized carbons (Fsp3) is 0.562. The summed E-state index contributed by atoms with van der Waals surface area (Å²) in [5.41, 5.74) is 0.702. The van der Waals surface area contributed by atoms with E-state index in [9.17, 15) is 4.79 Å². The molecule has 0 bridgehead atoms.